The number of alkyl halides is 2. The Balaban J connectivity index is 2.27. The first-order valence-corrected chi connectivity index (χ1v) is 6.60. The van der Waals surface area contributed by atoms with Crippen molar-refractivity contribution < 1.29 is 13.9 Å². The minimum Gasteiger partial charge on any atom is -0.508 e. The van der Waals surface area contributed by atoms with Gasteiger partial charge in [0.05, 0.1) is 0 Å². The molecular weight excluding hydrogens is 250 g/mol. The van der Waals surface area contributed by atoms with Gasteiger partial charge in [-0.15, -0.1) is 0 Å². The maximum absolute atomic E-state index is 12.8. The second kappa shape index (κ2) is 6.30. The van der Waals surface area contributed by atoms with E-state index in [1.807, 2.05) is 17.9 Å². The lowest BCUT2D eigenvalue weighted by Gasteiger charge is -2.35. The molecule has 2 rings (SSSR count). The summed E-state index contributed by atoms with van der Waals surface area (Å²) in [6, 6.07) is 4.77. The average molecular weight is 270 g/mol. The largest absolute Gasteiger partial charge is 0.508 e. The van der Waals surface area contributed by atoms with Gasteiger partial charge in [0.25, 0.3) is 0 Å². The highest BCUT2D eigenvalue weighted by molar-refractivity contribution is 5.38. The van der Waals surface area contributed by atoms with E-state index in [9.17, 15) is 13.9 Å². The van der Waals surface area contributed by atoms with E-state index in [4.69, 9.17) is 0 Å². The van der Waals surface area contributed by atoms with E-state index in [0.717, 1.165) is 31.7 Å². The summed E-state index contributed by atoms with van der Waals surface area (Å²) in [7, 11) is 0. The molecule has 0 bridgehead atoms. The van der Waals surface area contributed by atoms with Crippen LogP contribution in [-0.2, 0) is 0 Å². The number of aryl methyl sites for hydroxylation is 1. The van der Waals surface area contributed by atoms with E-state index in [1.165, 1.54) is 0 Å². The Hall–Kier alpha value is -1.20. The fourth-order valence-corrected chi connectivity index (χ4v) is 2.58. The number of benzene rings is 1. The lowest BCUT2D eigenvalue weighted by Crippen LogP contribution is -2.45. The van der Waals surface area contributed by atoms with Crippen LogP contribution < -0.4 is 5.32 Å². The second-order valence-electron chi connectivity index (χ2n) is 4.99. The normalized spacial score (nSPS) is 18.7. The van der Waals surface area contributed by atoms with Crippen LogP contribution in [0.3, 0.4) is 0 Å². The van der Waals surface area contributed by atoms with E-state index in [0.29, 0.717) is 5.56 Å². The van der Waals surface area contributed by atoms with E-state index < -0.39 is 12.5 Å². The maximum Gasteiger partial charge on any atom is 0.240 e. The zero-order chi connectivity index (χ0) is 13.8. The van der Waals surface area contributed by atoms with Crippen molar-refractivity contribution in [3.63, 3.8) is 0 Å². The topological polar surface area (TPSA) is 35.5 Å². The molecule has 5 heteroatoms. The van der Waals surface area contributed by atoms with Gasteiger partial charge in [-0.3, -0.25) is 4.90 Å². The summed E-state index contributed by atoms with van der Waals surface area (Å²) in [5.74, 6) is 0.106. The molecular formula is C14H20F2N2O. The Kier molecular flexibility index (Phi) is 4.71. The van der Waals surface area contributed by atoms with Crippen molar-refractivity contribution in [2.45, 2.75) is 25.8 Å². The number of piperazine rings is 1. The molecule has 1 aliphatic heterocycles. The SMILES string of the molecule is Cc1ccc(O)c([C@H](CC(F)F)N2CCNCC2)c1. The summed E-state index contributed by atoms with van der Waals surface area (Å²) in [4.78, 5) is 2.02. The molecule has 1 aromatic carbocycles. The first kappa shape index (κ1) is 14.2. The van der Waals surface area contributed by atoms with Crippen molar-refractivity contribution in [2.75, 3.05) is 26.2 Å². The van der Waals surface area contributed by atoms with Gasteiger partial charge < -0.3 is 10.4 Å². The molecule has 1 aromatic rings. The minimum absolute atomic E-state index is 0.106. The number of aromatic hydroxyl groups is 1. The van der Waals surface area contributed by atoms with Gasteiger partial charge in [0.2, 0.25) is 6.43 Å². The van der Waals surface area contributed by atoms with Crippen molar-refractivity contribution in [3.05, 3.63) is 29.3 Å². The summed E-state index contributed by atoms with van der Waals surface area (Å²) in [5.41, 5.74) is 1.59. The molecule has 2 N–H and O–H groups in total. The van der Waals surface area contributed by atoms with E-state index in [2.05, 4.69) is 5.32 Å². The summed E-state index contributed by atoms with van der Waals surface area (Å²) in [5, 5.41) is 13.2. The molecule has 0 aromatic heterocycles. The fraction of sp³-hybridized carbons (Fsp3) is 0.571. The van der Waals surface area contributed by atoms with Crippen LogP contribution in [0.25, 0.3) is 0 Å². The van der Waals surface area contributed by atoms with Crippen molar-refractivity contribution >= 4 is 0 Å². The monoisotopic (exact) mass is 270 g/mol. The van der Waals surface area contributed by atoms with Crippen LogP contribution in [0.1, 0.15) is 23.6 Å². The highest BCUT2D eigenvalue weighted by Crippen LogP contribution is 2.33. The Labute approximate surface area is 112 Å². The molecule has 1 fully saturated rings. The summed E-state index contributed by atoms with van der Waals surface area (Å²) < 4.78 is 25.7. The first-order valence-electron chi connectivity index (χ1n) is 6.60. The van der Waals surface area contributed by atoms with Gasteiger partial charge in [-0.2, -0.15) is 0 Å². The van der Waals surface area contributed by atoms with Crippen LogP contribution in [0, 0.1) is 6.92 Å². The second-order valence-corrected chi connectivity index (χ2v) is 4.99. The molecule has 0 spiro atoms. The Morgan fingerprint density at radius 2 is 2.00 bits per heavy atom. The summed E-state index contributed by atoms with van der Waals surface area (Å²) in [6.07, 6.45) is -2.61. The highest BCUT2D eigenvalue weighted by atomic mass is 19.3. The molecule has 0 aliphatic carbocycles. The molecule has 1 atom stereocenters. The number of phenolic OH excluding ortho intramolecular Hbond substituents is 1. The van der Waals surface area contributed by atoms with Gasteiger partial charge in [0.15, 0.2) is 0 Å². The van der Waals surface area contributed by atoms with Crippen molar-refractivity contribution in [1.29, 1.82) is 0 Å². The Bertz CT molecular complexity index is 420. The number of hydrogen-bond donors (Lipinski definition) is 2. The minimum atomic E-state index is -2.38. The molecule has 1 saturated heterocycles. The zero-order valence-corrected chi connectivity index (χ0v) is 11.1. The van der Waals surface area contributed by atoms with Gasteiger partial charge in [0.1, 0.15) is 5.75 Å². The molecule has 0 saturated carbocycles. The van der Waals surface area contributed by atoms with Crippen LogP contribution >= 0.6 is 0 Å². The smallest absolute Gasteiger partial charge is 0.240 e. The number of nitrogens with one attached hydrogen (secondary N) is 1. The number of rotatable bonds is 4. The summed E-state index contributed by atoms with van der Waals surface area (Å²) >= 11 is 0. The average Bonchev–Trinajstić information content (AvgIpc) is 2.40. The lowest BCUT2D eigenvalue weighted by molar-refractivity contribution is 0.0729. The molecule has 19 heavy (non-hydrogen) atoms. The number of hydrogen-bond acceptors (Lipinski definition) is 3. The molecule has 0 amide bonds. The maximum atomic E-state index is 12.8. The molecule has 1 aliphatic rings. The highest BCUT2D eigenvalue weighted by Gasteiger charge is 2.27. The standard InChI is InChI=1S/C14H20F2N2O/c1-10-2-3-13(19)11(8-10)12(9-14(15)16)18-6-4-17-5-7-18/h2-3,8,12,14,17,19H,4-7,9H2,1H3/t12-/m0/s1. The molecule has 106 valence electrons. The molecule has 1 heterocycles. The van der Waals surface area contributed by atoms with E-state index >= 15 is 0 Å². The molecule has 0 unspecified atom stereocenters. The van der Waals surface area contributed by atoms with Crippen LogP contribution in [0.15, 0.2) is 18.2 Å². The van der Waals surface area contributed by atoms with Crippen LogP contribution in [0.5, 0.6) is 5.75 Å². The van der Waals surface area contributed by atoms with Crippen LogP contribution in [-0.4, -0.2) is 42.6 Å². The number of phenols is 1. The van der Waals surface area contributed by atoms with Crippen LogP contribution in [0.4, 0.5) is 8.78 Å². The van der Waals surface area contributed by atoms with Gasteiger partial charge in [-0.25, -0.2) is 8.78 Å². The number of nitrogens with zero attached hydrogens (tertiary/aromatic N) is 1. The summed E-state index contributed by atoms with van der Waals surface area (Å²) in [6.45, 7) is 4.95. The van der Waals surface area contributed by atoms with Crippen molar-refractivity contribution in [3.8, 4) is 5.75 Å². The third-order valence-corrected chi connectivity index (χ3v) is 3.54. The number of halogens is 2. The van der Waals surface area contributed by atoms with Gasteiger partial charge in [0, 0.05) is 44.2 Å². The van der Waals surface area contributed by atoms with E-state index in [1.54, 1.807) is 12.1 Å². The quantitative estimate of drug-likeness (QED) is 0.881. The predicted octanol–water partition coefficient (Wildman–Crippen LogP) is 2.30. The van der Waals surface area contributed by atoms with E-state index in [-0.39, 0.29) is 12.2 Å². The molecule has 3 nitrogen and oxygen atoms in total. The third kappa shape index (κ3) is 3.64. The van der Waals surface area contributed by atoms with Crippen molar-refractivity contribution in [1.82, 2.24) is 10.2 Å². The van der Waals surface area contributed by atoms with Gasteiger partial charge in [-0.1, -0.05) is 17.7 Å². The van der Waals surface area contributed by atoms with Gasteiger partial charge in [-0.05, 0) is 13.0 Å². The fourth-order valence-electron chi connectivity index (χ4n) is 2.58. The Morgan fingerprint density at radius 3 is 2.63 bits per heavy atom. The first-order chi connectivity index (χ1) is 9.08. The van der Waals surface area contributed by atoms with Crippen LogP contribution in [0.2, 0.25) is 0 Å². The predicted molar refractivity (Wildman–Crippen MR) is 70.6 cm³/mol. The Morgan fingerprint density at radius 1 is 1.32 bits per heavy atom. The zero-order valence-electron chi connectivity index (χ0n) is 11.1. The molecule has 0 radical (unpaired) electrons. The lowest BCUT2D eigenvalue weighted by atomic mass is 9.98. The third-order valence-electron chi connectivity index (χ3n) is 3.54. The van der Waals surface area contributed by atoms with Gasteiger partial charge >= 0.3 is 0 Å². The van der Waals surface area contributed by atoms with Crippen molar-refractivity contribution in [2.24, 2.45) is 0 Å².